The fourth-order valence-electron chi connectivity index (χ4n) is 0.742. The average molecular weight is 166 g/mol. The van der Waals surface area contributed by atoms with Crippen molar-refractivity contribution in [2.24, 2.45) is 5.92 Å². The molecule has 0 aliphatic carbocycles. The summed E-state index contributed by atoms with van der Waals surface area (Å²) in [4.78, 5) is 10.1. The lowest BCUT2D eigenvalue weighted by Gasteiger charge is -2.04. The Morgan fingerprint density at radius 1 is 1.33 bits per heavy atom. The van der Waals surface area contributed by atoms with Crippen LogP contribution in [0.2, 0.25) is 0 Å². The van der Waals surface area contributed by atoms with E-state index < -0.39 is 0 Å². The van der Waals surface area contributed by atoms with Gasteiger partial charge in [-0.3, -0.25) is 4.79 Å². The summed E-state index contributed by atoms with van der Waals surface area (Å²) in [6.07, 6.45) is 5.53. The fourth-order valence-corrected chi connectivity index (χ4v) is 0.742. The first-order chi connectivity index (χ1) is 5.57. The van der Waals surface area contributed by atoms with Crippen LogP contribution in [0.5, 0.6) is 0 Å². The van der Waals surface area contributed by atoms with Crippen molar-refractivity contribution in [3.63, 3.8) is 0 Å². The van der Waals surface area contributed by atoms with Crippen molar-refractivity contribution >= 4 is 6.29 Å². The van der Waals surface area contributed by atoms with Crippen molar-refractivity contribution in [2.45, 2.75) is 34.1 Å². The smallest absolute Gasteiger partial charge is 0.142 e. The standard InChI is InChI=1S/C11H18O/c1-9(2)11(4)6-5-10(3)7-8-12/h6-9H,5H2,1-4H3/b10-7-,11-6+. The molecule has 0 aromatic rings. The van der Waals surface area contributed by atoms with Crippen LogP contribution in [0.25, 0.3) is 0 Å². The zero-order valence-electron chi connectivity index (χ0n) is 8.42. The molecule has 12 heavy (non-hydrogen) atoms. The molecule has 68 valence electrons. The van der Waals surface area contributed by atoms with Gasteiger partial charge >= 0.3 is 0 Å². The Labute approximate surface area is 75.2 Å². The van der Waals surface area contributed by atoms with Crippen LogP contribution in [0.15, 0.2) is 23.3 Å². The molecule has 0 saturated carbocycles. The molecule has 0 saturated heterocycles. The quantitative estimate of drug-likeness (QED) is 0.356. The van der Waals surface area contributed by atoms with Gasteiger partial charge in [-0.2, -0.15) is 0 Å². The summed E-state index contributed by atoms with van der Waals surface area (Å²) in [6.45, 7) is 8.44. The van der Waals surface area contributed by atoms with Gasteiger partial charge in [-0.1, -0.05) is 31.1 Å². The second-order valence-corrected chi connectivity index (χ2v) is 3.46. The zero-order valence-corrected chi connectivity index (χ0v) is 8.42. The van der Waals surface area contributed by atoms with E-state index >= 15 is 0 Å². The number of carbonyl (C=O) groups excluding carboxylic acids is 1. The van der Waals surface area contributed by atoms with E-state index in [0.717, 1.165) is 18.3 Å². The van der Waals surface area contributed by atoms with Gasteiger partial charge in [-0.05, 0) is 32.3 Å². The lowest BCUT2D eigenvalue weighted by molar-refractivity contribution is -0.104. The molecule has 1 nitrogen and oxygen atoms in total. The topological polar surface area (TPSA) is 17.1 Å². The average Bonchev–Trinajstić information content (AvgIpc) is 2.00. The summed E-state index contributed by atoms with van der Waals surface area (Å²) in [5, 5.41) is 0. The predicted molar refractivity (Wildman–Crippen MR) is 53.0 cm³/mol. The second-order valence-electron chi connectivity index (χ2n) is 3.46. The maximum absolute atomic E-state index is 10.1. The molecular weight excluding hydrogens is 148 g/mol. The van der Waals surface area contributed by atoms with Crippen molar-refractivity contribution in [1.82, 2.24) is 0 Å². The van der Waals surface area contributed by atoms with E-state index in [4.69, 9.17) is 0 Å². The van der Waals surface area contributed by atoms with Crippen molar-refractivity contribution in [2.75, 3.05) is 0 Å². The lowest BCUT2D eigenvalue weighted by atomic mass is 10.0. The highest BCUT2D eigenvalue weighted by molar-refractivity contribution is 5.65. The SMILES string of the molecule is C/C(=C/C=O)C/C=C(\C)C(C)C. The molecule has 0 amide bonds. The van der Waals surface area contributed by atoms with Gasteiger partial charge in [-0.15, -0.1) is 0 Å². The number of rotatable bonds is 4. The van der Waals surface area contributed by atoms with Gasteiger partial charge in [-0.25, -0.2) is 0 Å². The molecule has 0 fully saturated rings. The normalized spacial score (nSPS) is 13.8. The number of allylic oxidation sites excluding steroid dienone is 4. The van der Waals surface area contributed by atoms with Gasteiger partial charge in [0.1, 0.15) is 6.29 Å². The number of carbonyl (C=O) groups is 1. The Hall–Kier alpha value is -0.850. The van der Waals surface area contributed by atoms with Crippen LogP contribution >= 0.6 is 0 Å². The molecule has 0 unspecified atom stereocenters. The largest absolute Gasteiger partial charge is 0.299 e. The van der Waals surface area contributed by atoms with E-state index in [9.17, 15) is 4.79 Å². The first kappa shape index (κ1) is 11.2. The highest BCUT2D eigenvalue weighted by Crippen LogP contribution is 2.11. The van der Waals surface area contributed by atoms with E-state index in [2.05, 4.69) is 26.8 Å². The summed E-state index contributed by atoms with van der Waals surface area (Å²) in [7, 11) is 0. The highest BCUT2D eigenvalue weighted by atomic mass is 16.1. The van der Waals surface area contributed by atoms with Crippen LogP contribution in [-0.4, -0.2) is 6.29 Å². The molecular formula is C11H18O. The van der Waals surface area contributed by atoms with Gasteiger partial charge in [0.05, 0.1) is 0 Å². The Morgan fingerprint density at radius 2 is 1.92 bits per heavy atom. The van der Waals surface area contributed by atoms with Crippen LogP contribution in [0.1, 0.15) is 34.1 Å². The Morgan fingerprint density at radius 3 is 2.33 bits per heavy atom. The number of hydrogen-bond acceptors (Lipinski definition) is 1. The Kier molecular flexibility index (Phi) is 5.35. The second kappa shape index (κ2) is 5.76. The lowest BCUT2D eigenvalue weighted by Crippen LogP contribution is -1.88. The van der Waals surface area contributed by atoms with Gasteiger partial charge in [0.25, 0.3) is 0 Å². The molecule has 0 heterocycles. The number of hydrogen-bond donors (Lipinski definition) is 0. The molecule has 0 aromatic heterocycles. The first-order valence-electron chi connectivity index (χ1n) is 4.35. The van der Waals surface area contributed by atoms with Crippen LogP contribution < -0.4 is 0 Å². The molecule has 0 atom stereocenters. The molecule has 1 heteroatoms. The fraction of sp³-hybridized carbons (Fsp3) is 0.545. The van der Waals surface area contributed by atoms with Crippen molar-refractivity contribution in [3.05, 3.63) is 23.3 Å². The minimum Gasteiger partial charge on any atom is -0.299 e. The van der Waals surface area contributed by atoms with Crippen LogP contribution in [-0.2, 0) is 4.79 Å². The molecule has 0 N–H and O–H groups in total. The van der Waals surface area contributed by atoms with E-state index in [1.807, 2.05) is 6.92 Å². The van der Waals surface area contributed by atoms with Gasteiger partial charge in [0.15, 0.2) is 0 Å². The highest BCUT2D eigenvalue weighted by Gasteiger charge is 1.94. The van der Waals surface area contributed by atoms with Crippen LogP contribution in [0, 0.1) is 5.92 Å². The third kappa shape index (κ3) is 4.89. The Bertz CT molecular complexity index is 197. The summed E-state index contributed by atoms with van der Waals surface area (Å²) in [6, 6.07) is 0. The van der Waals surface area contributed by atoms with Gasteiger partial charge < -0.3 is 0 Å². The summed E-state index contributed by atoms with van der Waals surface area (Å²) >= 11 is 0. The maximum atomic E-state index is 10.1. The minimum absolute atomic E-state index is 0.606. The first-order valence-corrected chi connectivity index (χ1v) is 4.35. The third-order valence-corrected chi connectivity index (χ3v) is 2.01. The summed E-state index contributed by atoms with van der Waals surface area (Å²) < 4.78 is 0. The van der Waals surface area contributed by atoms with Crippen molar-refractivity contribution in [1.29, 1.82) is 0 Å². The molecule has 0 rings (SSSR count). The van der Waals surface area contributed by atoms with Crippen LogP contribution in [0.3, 0.4) is 0 Å². The predicted octanol–water partition coefficient (Wildman–Crippen LogP) is 3.12. The maximum Gasteiger partial charge on any atom is 0.142 e. The summed E-state index contributed by atoms with van der Waals surface area (Å²) in [5.74, 6) is 0.606. The summed E-state index contributed by atoms with van der Waals surface area (Å²) in [5.41, 5.74) is 2.50. The van der Waals surface area contributed by atoms with Gasteiger partial charge in [0.2, 0.25) is 0 Å². The van der Waals surface area contributed by atoms with Crippen molar-refractivity contribution in [3.8, 4) is 0 Å². The number of aldehydes is 1. The van der Waals surface area contributed by atoms with Crippen LogP contribution in [0.4, 0.5) is 0 Å². The molecule has 0 aromatic carbocycles. The van der Waals surface area contributed by atoms with E-state index in [1.165, 1.54) is 5.57 Å². The zero-order chi connectivity index (χ0) is 9.56. The molecule has 0 radical (unpaired) electrons. The third-order valence-electron chi connectivity index (χ3n) is 2.01. The molecule has 0 aliphatic heterocycles. The monoisotopic (exact) mass is 166 g/mol. The molecule has 0 aliphatic rings. The van der Waals surface area contributed by atoms with Crippen molar-refractivity contribution < 1.29 is 4.79 Å². The van der Waals surface area contributed by atoms with E-state index in [-0.39, 0.29) is 0 Å². The van der Waals surface area contributed by atoms with Gasteiger partial charge in [0, 0.05) is 0 Å². The van der Waals surface area contributed by atoms with E-state index in [0.29, 0.717) is 5.92 Å². The minimum atomic E-state index is 0.606. The molecule has 0 bridgehead atoms. The van der Waals surface area contributed by atoms with E-state index in [1.54, 1.807) is 6.08 Å². The molecule has 0 spiro atoms. The Balaban J connectivity index is 4.04.